The van der Waals surface area contributed by atoms with Gasteiger partial charge in [-0.05, 0) is 13.8 Å². The fraction of sp³-hybridized carbons (Fsp3) is 0.471. The Morgan fingerprint density at radius 2 is 1.73 bits per heavy atom. The predicted molar refractivity (Wildman–Crippen MR) is 93.2 cm³/mol. The Balaban J connectivity index is 0.000000502. The Hall–Kier alpha value is -1.84. The van der Waals surface area contributed by atoms with Gasteiger partial charge in [0.1, 0.15) is 6.54 Å². The first-order chi connectivity index (χ1) is 11.6. The molecule has 0 aliphatic carbocycles. The van der Waals surface area contributed by atoms with Crippen molar-refractivity contribution < 1.29 is 35.8 Å². The average molecular weight is 393 g/mol. The monoisotopic (exact) mass is 393 g/mol. The van der Waals surface area contributed by atoms with Gasteiger partial charge in [-0.2, -0.15) is 8.78 Å². The van der Waals surface area contributed by atoms with E-state index < -0.39 is 27.4 Å². The summed E-state index contributed by atoms with van der Waals surface area (Å²) in [5.41, 5.74) is 1.22. The minimum atomic E-state index is -5.86. The molecule has 26 heavy (non-hydrogen) atoms. The van der Waals surface area contributed by atoms with Gasteiger partial charge in [-0.1, -0.05) is 36.9 Å². The highest BCUT2D eigenvalue weighted by atomic mass is 32.2. The molecule has 1 aromatic carbocycles. The molecule has 1 unspecified atom stereocenters. The van der Waals surface area contributed by atoms with Gasteiger partial charge in [-0.25, -0.2) is 13.2 Å². The van der Waals surface area contributed by atoms with Crippen LogP contribution in [-0.2, 0) is 26.2 Å². The van der Waals surface area contributed by atoms with Crippen LogP contribution in [0.15, 0.2) is 42.5 Å². The van der Waals surface area contributed by atoms with E-state index >= 15 is 0 Å². The molecule has 0 amide bonds. The number of ether oxygens (including phenoxy) is 1. The van der Waals surface area contributed by atoms with Gasteiger partial charge in [-0.3, -0.25) is 0 Å². The van der Waals surface area contributed by atoms with Gasteiger partial charge >= 0.3 is 11.2 Å². The molecule has 0 aliphatic rings. The number of esters is 1. The van der Waals surface area contributed by atoms with Gasteiger partial charge in [0, 0.05) is 11.1 Å². The van der Waals surface area contributed by atoms with Crippen LogP contribution < -0.4 is 0 Å². The van der Waals surface area contributed by atoms with Gasteiger partial charge < -0.3 is 13.8 Å². The van der Waals surface area contributed by atoms with E-state index in [1.165, 1.54) is 12.5 Å². The van der Waals surface area contributed by atoms with Gasteiger partial charge in [0.2, 0.25) is 0 Å². The maximum absolute atomic E-state index is 12.7. The van der Waals surface area contributed by atoms with Crippen molar-refractivity contribution in [3.8, 4) is 0 Å². The summed E-state index contributed by atoms with van der Waals surface area (Å²) in [6.45, 7) is 6.00. The molecule has 0 bridgehead atoms. The van der Waals surface area contributed by atoms with Crippen LogP contribution in [0.1, 0.15) is 19.4 Å². The van der Waals surface area contributed by atoms with Gasteiger partial charge in [0.25, 0.3) is 0 Å². The number of halogens is 2. The van der Waals surface area contributed by atoms with Gasteiger partial charge in [-0.15, -0.1) is 0 Å². The molecule has 6 nitrogen and oxygen atoms in total. The van der Waals surface area contributed by atoms with Crippen LogP contribution in [0.3, 0.4) is 0 Å². The third-order valence-electron chi connectivity index (χ3n) is 2.94. The summed E-state index contributed by atoms with van der Waals surface area (Å²) >= 11 is 0. The van der Waals surface area contributed by atoms with Crippen molar-refractivity contribution in [2.45, 2.75) is 31.8 Å². The average Bonchev–Trinajstić information content (AvgIpc) is 2.45. The number of alkyl halides is 2. The fourth-order valence-corrected chi connectivity index (χ4v) is 2.12. The number of nitrogens with zero attached hydrogens (tertiary/aromatic N) is 1. The molecule has 0 saturated heterocycles. The van der Waals surface area contributed by atoms with Crippen LogP contribution in [0.4, 0.5) is 8.78 Å². The van der Waals surface area contributed by atoms with Crippen LogP contribution in [0, 0.1) is 0 Å². The first-order valence-electron chi connectivity index (χ1n) is 7.62. The van der Waals surface area contributed by atoms with Gasteiger partial charge in [0.15, 0.2) is 16.2 Å². The van der Waals surface area contributed by atoms with Crippen molar-refractivity contribution in [1.29, 1.82) is 0 Å². The minimum absolute atomic E-state index is 0.180. The first-order valence-corrected chi connectivity index (χ1v) is 9.03. The van der Waals surface area contributed by atoms with Crippen molar-refractivity contribution in [1.82, 2.24) is 0 Å². The molecule has 1 rings (SSSR count). The summed E-state index contributed by atoms with van der Waals surface area (Å²) in [5.74, 6) is -1.19. The Morgan fingerprint density at radius 3 is 2.08 bits per heavy atom. The first kappa shape index (κ1) is 24.2. The Kier molecular flexibility index (Phi) is 8.55. The Bertz CT molecular complexity index is 712. The molecule has 0 heterocycles. The molecule has 0 radical (unpaired) electrons. The van der Waals surface area contributed by atoms with Crippen molar-refractivity contribution in [3.63, 3.8) is 0 Å². The number of quaternary nitrogens is 1. The zero-order chi connectivity index (χ0) is 20.8. The Morgan fingerprint density at radius 1 is 1.27 bits per heavy atom. The Labute approximate surface area is 153 Å². The van der Waals surface area contributed by atoms with Crippen LogP contribution in [0.25, 0.3) is 0 Å². The van der Waals surface area contributed by atoms with Crippen molar-refractivity contribution in [2.24, 2.45) is 0 Å². The zero-order valence-electron chi connectivity index (χ0n) is 15.5. The van der Waals surface area contributed by atoms with E-state index in [4.69, 9.17) is 0 Å². The summed E-state index contributed by atoms with van der Waals surface area (Å²) in [7, 11) is 0.741. The SMILES string of the molecule is C=C(C)C(=O)OC(C)C(F)(F)S(=O)(=O)[O-].C[N+](C)(C)Cc1ccccc1. The van der Waals surface area contributed by atoms with E-state index in [-0.39, 0.29) is 5.57 Å². The maximum atomic E-state index is 12.7. The highest BCUT2D eigenvalue weighted by Crippen LogP contribution is 2.27. The second kappa shape index (κ2) is 9.20. The van der Waals surface area contributed by atoms with Crippen LogP contribution in [0.5, 0.6) is 0 Å². The van der Waals surface area contributed by atoms with Crippen LogP contribution in [0.2, 0.25) is 0 Å². The lowest BCUT2D eigenvalue weighted by molar-refractivity contribution is -0.884. The smallest absolute Gasteiger partial charge is 0.370 e. The number of hydrogen-bond donors (Lipinski definition) is 0. The van der Waals surface area contributed by atoms with E-state index in [1.54, 1.807) is 0 Å². The summed E-state index contributed by atoms with van der Waals surface area (Å²) in [6, 6.07) is 10.6. The topological polar surface area (TPSA) is 83.5 Å². The molecule has 0 aromatic heterocycles. The number of benzene rings is 1. The molecule has 148 valence electrons. The van der Waals surface area contributed by atoms with E-state index in [1.807, 2.05) is 0 Å². The van der Waals surface area contributed by atoms with Crippen LogP contribution >= 0.6 is 0 Å². The van der Waals surface area contributed by atoms with E-state index in [9.17, 15) is 26.5 Å². The molecule has 0 aliphatic heterocycles. The normalized spacial score (nSPS) is 13.2. The highest BCUT2D eigenvalue weighted by Gasteiger charge is 2.46. The van der Waals surface area contributed by atoms with Crippen molar-refractivity contribution in [2.75, 3.05) is 21.1 Å². The summed E-state index contributed by atoms with van der Waals surface area (Å²) in [5, 5.41) is -4.65. The summed E-state index contributed by atoms with van der Waals surface area (Å²) < 4.78 is 60.9. The van der Waals surface area contributed by atoms with Crippen molar-refractivity contribution >= 4 is 16.1 Å². The second-order valence-corrected chi connectivity index (χ2v) is 8.23. The lowest BCUT2D eigenvalue weighted by Crippen LogP contribution is -2.42. The fourth-order valence-electron chi connectivity index (χ4n) is 1.66. The molecule has 0 fully saturated rings. The summed E-state index contributed by atoms with van der Waals surface area (Å²) in [6.07, 6.45) is -2.36. The standard InChI is InChI=1S/C10H16N.C7H10F2O5S/c1-11(2,3)9-10-7-5-4-6-8-10;1-4(2)6(10)14-5(3)7(8,9)15(11,12)13/h4-8H,9H2,1-3H3;5H,1H2,2-3H3,(H,11,12,13)/q+1;/p-1. The molecular weight excluding hydrogens is 368 g/mol. The van der Waals surface area contributed by atoms with E-state index in [2.05, 4.69) is 62.8 Å². The third kappa shape index (κ3) is 8.50. The number of hydrogen-bond acceptors (Lipinski definition) is 5. The number of carbonyl (C=O) groups is 1. The highest BCUT2D eigenvalue weighted by molar-refractivity contribution is 7.86. The zero-order valence-corrected chi connectivity index (χ0v) is 16.3. The molecule has 0 spiro atoms. The second-order valence-electron chi connectivity index (χ2n) is 6.78. The number of carbonyl (C=O) groups excluding carboxylic acids is 1. The third-order valence-corrected chi connectivity index (χ3v) is 3.94. The minimum Gasteiger partial charge on any atom is -0.743 e. The molecule has 1 aromatic rings. The van der Waals surface area contributed by atoms with Crippen molar-refractivity contribution in [3.05, 3.63) is 48.0 Å². The lowest BCUT2D eigenvalue weighted by atomic mass is 10.2. The van der Waals surface area contributed by atoms with E-state index in [0.29, 0.717) is 6.92 Å². The predicted octanol–water partition coefficient (Wildman–Crippen LogP) is 2.53. The molecule has 1 atom stereocenters. The van der Waals surface area contributed by atoms with Crippen LogP contribution in [-0.4, -0.2) is 55.9 Å². The molecule has 0 saturated carbocycles. The largest absolute Gasteiger partial charge is 0.743 e. The molecule has 0 N–H and O–H groups in total. The quantitative estimate of drug-likeness (QED) is 0.321. The maximum Gasteiger partial charge on any atom is 0.370 e. The van der Waals surface area contributed by atoms with E-state index in [0.717, 1.165) is 11.0 Å². The molecular formula is C17H25F2NO5S. The molecule has 9 heteroatoms. The number of rotatable bonds is 6. The summed E-state index contributed by atoms with van der Waals surface area (Å²) in [4.78, 5) is 10.8. The lowest BCUT2D eigenvalue weighted by Gasteiger charge is -2.25. The van der Waals surface area contributed by atoms with Gasteiger partial charge in [0.05, 0.1) is 21.1 Å².